The zero-order valence-electron chi connectivity index (χ0n) is 11.7. The summed E-state index contributed by atoms with van der Waals surface area (Å²) in [5.74, 6) is -0.0784. The van der Waals surface area contributed by atoms with Gasteiger partial charge in [0.1, 0.15) is 10.6 Å². The molecule has 1 aromatic rings. The predicted molar refractivity (Wildman–Crippen MR) is 76.9 cm³/mol. The minimum atomic E-state index is -3.96. The fourth-order valence-electron chi connectivity index (χ4n) is 1.51. The molecule has 0 saturated heterocycles. The van der Waals surface area contributed by atoms with E-state index in [4.69, 9.17) is 14.6 Å². The van der Waals surface area contributed by atoms with E-state index in [1.54, 1.807) is 6.07 Å². The van der Waals surface area contributed by atoms with Crippen LogP contribution in [-0.2, 0) is 31.3 Å². The Hall–Kier alpha value is -1.20. The maximum absolute atomic E-state index is 11.6. The van der Waals surface area contributed by atoms with Gasteiger partial charge in [-0.1, -0.05) is 6.07 Å². The van der Waals surface area contributed by atoms with E-state index in [1.807, 2.05) is 0 Å². The van der Waals surface area contributed by atoms with Crippen LogP contribution in [0.2, 0.25) is 0 Å². The van der Waals surface area contributed by atoms with Crippen molar-refractivity contribution in [3.05, 3.63) is 23.8 Å². The van der Waals surface area contributed by atoms with Crippen molar-refractivity contribution in [2.45, 2.75) is 11.4 Å². The third-order valence-corrected chi connectivity index (χ3v) is 4.81. The van der Waals surface area contributed by atoms with Gasteiger partial charge in [0.2, 0.25) is 20.0 Å². The molecule has 3 N–H and O–H groups in total. The van der Waals surface area contributed by atoms with Crippen LogP contribution in [0.25, 0.3) is 0 Å². The van der Waals surface area contributed by atoms with Crippen LogP contribution in [0.1, 0.15) is 5.56 Å². The van der Waals surface area contributed by atoms with Crippen LogP contribution >= 0.6 is 0 Å². The van der Waals surface area contributed by atoms with Crippen molar-refractivity contribution in [1.82, 2.24) is 4.72 Å². The number of primary sulfonamides is 1. The Kier molecular flexibility index (Phi) is 6.10. The first-order valence-corrected chi connectivity index (χ1v) is 9.05. The Morgan fingerprint density at radius 2 is 1.86 bits per heavy atom. The Bertz CT molecular complexity index is 685. The van der Waals surface area contributed by atoms with Crippen LogP contribution < -0.4 is 14.6 Å². The number of ether oxygens (including phenoxy) is 2. The van der Waals surface area contributed by atoms with Gasteiger partial charge in [-0.3, -0.25) is 0 Å². The first-order chi connectivity index (χ1) is 9.69. The Morgan fingerprint density at radius 3 is 2.38 bits per heavy atom. The minimum Gasteiger partial charge on any atom is -0.495 e. The van der Waals surface area contributed by atoms with Crippen molar-refractivity contribution in [1.29, 1.82) is 0 Å². The summed E-state index contributed by atoms with van der Waals surface area (Å²) in [6.45, 7) is 0.0128. The lowest BCUT2D eigenvalue weighted by Crippen LogP contribution is -2.28. The highest BCUT2D eigenvalue weighted by Gasteiger charge is 2.16. The molecule has 0 aromatic heterocycles. The molecule has 8 nitrogen and oxygen atoms in total. The third kappa shape index (κ3) is 5.59. The van der Waals surface area contributed by atoms with Gasteiger partial charge < -0.3 is 9.47 Å². The van der Waals surface area contributed by atoms with Crippen LogP contribution in [0, 0.1) is 0 Å². The van der Waals surface area contributed by atoms with E-state index in [9.17, 15) is 16.8 Å². The molecule has 0 aliphatic carbocycles. The van der Waals surface area contributed by atoms with Crippen molar-refractivity contribution in [2.24, 2.45) is 5.14 Å². The van der Waals surface area contributed by atoms with Gasteiger partial charge in [-0.25, -0.2) is 26.7 Å². The van der Waals surface area contributed by atoms with Gasteiger partial charge in [0.25, 0.3) is 0 Å². The second kappa shape index (κ2) is 7.18. The molecule has 0 saturated carbocycles. The SMILES string of the molecule is COCCS(=O)(=O)NCc1ccc(OC)c(S(N)(=O)=O)c1. The molecule has 0 fully saturated rings. The van der Waals surface area contributed by atoms with Crippen LogP contribution in [-0.4, -0.2) is 43.4 Å². The van der Waals surface area contributed by atoms with Crippen LogP contribution in [0.4, 0.5) is 0 Å². The lowest BCUT2D eigenvalue weighted by atomic mass is 10.2. The van der Waals surface area contributed by atoms with Crippen molar-refractivity contribution in [3.8, 4) is 5.75 Å². The van der Waals surface area contributed by atoms with Gasteiger partial charge in [0, 0.05) is 13.7 Å². The number of sulfonamides is 2. The highest BCUT2D eigenvalue weighted by atomic mass is 32.2. The second-order valence-electron chi connectivity index (χ2n) is 4.16. The largest absolute Gasteiger partial charge is 0.495 e. The fraction of sp³-hybridized carbons (Fsp3) is 0.455. The Morgan fingerprint density at radius 1 is 1.19 bits per heavy atom. The molecule has 10 heteroatoms. The van der Waals surface area contributed by atoms with Crippen LogP contribution in [0.5, 0.6) is 5.75 Å². The van der Waals surface area contributed by atoms with E-state index >= 15 is 0 Å². The topological polar surface area (TPSA) is 125 Å². The number of methoxy groups -OCH3 is 2. The monoisotopic (exact) mass is 338 g/mol. The van der Waals surface area contributed by atoms with E-state index in [2.05, 4.69) is 4.72 Å². The number of benzene rings is 1. The second-order valence-corrected chi connectivity index (χ2v) is 7.62. The first kappa shape index (κ1) is 17.9. The maximum Gasteiger partial charge on any atom is 0.241 e. The summed E-state index contributed by atoms with van der Waals surface area (Å²) in [5.41, 5.74) is 0.445. The third-order valence-electron chi connectivity index (χ3n) is 2.59. The minimum absolute atomic E-state index is 0.0570. The molecular formula is C11H18N2O6S2. The molecule has 120 valence electrons. The summed E-state index contributed by atoms with van der Waals surface area (Å²) < 4.78 is 58.1. The van der Waals surface area contributed by atoms with Gasteiger partial charge in [0.05, 0.1) is 19.5 Å². The smallest absolute Gasteiger partial charge is 0.241 e. The molecule has 0 amide bonds. The molecule has 1 rings (SSSR count). The average molecular weight is 338 g/mol. The van der Waals surface area contributed by atoms with E-state index < -0.39 is 20.0 Å². The molecule has 0 unspecified atom stereocenters. The van der Waals surface area contributed by atoms with Gasteiger partial charge in [-0.05, 0) is 17.7 Å². The molecule has 1 aromatic carbocycles. The van der Waals surface area contributed by atoms with Crippen LogP contribution in [0.3, 0.4) is 0 Å². The highest BCUT2D eigenvalue weighted by molar-refractivity contribution is 7.89. The first-order valence-electron chi connectivity index (χ1n) is 5.85. The molecule has 0 spiro atoms. The molecule has 0 radical (unpaired) electrons. The molecular weight excluding hydrogens is 320 g/mol. The van der Waals surface area contributed by atoms with Crippen molar-refractivity contribution < 1.29 is 26.3 Å². The summed E-state index contributed by atoms with van der Waals surface area (Å²) in [6.07, 6.45) is 0. The number of nitrogens with one attached hydrogen (secondary N) is 1. The van der Waals surface area contributed by atoms with Gasteiger partial charge in [0.15, 0.2) is 0 Å². The van der Waals surface area contributed by atoms with E-state index in [0.29, 0.717) is 5.56 Å². The van der Waals surface area contributed by atoms with Gasteiger partial charge in [-0.15, -0.1) is 0 Å². The lowest BCUT2D eigenvalue weighted by molar-refractivity contribution is 0.217. The summed E-state index contributed by atoms with van der Waals surface area (Å²) >= 11 is 0. The van der Waals surface area contributed by atoms with Crippen molar-refractivity contribution in [3.63, 3.8) is 0 Å². The summed E-state index contributed by atoms with van der Waals surface area (Å²) in [5, 5.41) is 5.09. The molecule has 0 heterocycles. The number of hydrogen-bond acceptors (Lipinski definition) is 6. The number of nitrogens with two attached hydrogens (primary N) is 1. The summed E-state index contributed by atoms with van der Waals surface area (Å²) in [4.78, 5) is -0.196. The Labute approximate surface area is 124 Å². The molecule has 0 aliphatic heterocycles. The summed E-state index contributed by atoms with van der Waals surface area (Å²) in [6, 6.07) is 4.23. The van der Waals surface area contributed by atoms with E-state index in [0.717, 1.165) is 0 Å². The molecule has 0 bridgehead atoms. The van der Waals surface area contributed by atoms with E-state index in [1.165, 1.54) is 26.4 Å². The lowest BCUT2D eigenvalue weighted by Gasteiger charge is -2.10. The number of hydrogen-bond donors (Lipinski definition) is 2. The zero-order chi connectivity index (χ0) is 16.1. The van der Waals surface area contributed by atoms with Crippen molar-refractivity contribution in [2.75, 3.05) is 26.6 Å². The standard InChI is InChI=1S/C11H18N2O6S2/c1-18-5-6-20(14,15)13-8-9-3-4-10(19-2)11(7-9)21(12,16)17/h3-4,7,13H,5-6,8H2,1-2H3,(H2,12,16,17). The highest BCUT2D eigenvalue weighted by Crippen LogP contribution is 2.23. The molecule has 21 heavy (non-hydrogen) atoms. The number of rotatable bonds is 8. The molecule has 0 aliphatic rings. The van der Waals surface area contributed by atoms with Crippen molar-refractivity contribution >= 4 is 20.0 Å². The van der Waals surface area contributed by atoms with E-state index in [-0.39, 0.29) is 29.5 Å². The van der Waals surface area contributed by atoms with Crippen LogP contribution in [0.15, 0.2) is 23.1 Å². The average Bonchev–Trinajstić information content (AvgIpc) is 2.42. The van der Waals surface area contributed by atoms with Gasteiger partial charge in [-0.2, -0.15) is 0 Å². The zero-order valence-corrected chi connectivity index (χ0v) is 13.3. The maximum atomic E-state index is 11.6. The summed E-state index contributed by atoms with van der Waals surface area (Å²) in [7, 11) is -4.73. The van der Waals surface area contributed by atoms with Gasteiger partial charge >= 0.3 is 0 Å². The Balaban J connectivity index is 2.92. The molecule has 0 atom stereocenters. The quantitative estimate of drug-likeness (QED) is 0.652. The fourth-order valence-corrected chi connectivity index (χ4v) is 3.18. The normalized spacial score (nSPS) is 12.3. The predicted octanol–water partition coefficient (Wildman–Crippen LogP) is -0.592.